The molecule has 0 fully saturated rings. The average Bonchev–Trinajstić information content (AvgIpc) is 3.16. The molecule has 0 saturated carbocycles. The molecule has 0 radical (unpaired) electrons. The summed E-state index contributed by atoms with van der Waals surface area (Å²) < 4.78 is 17.1. The van der Waals surface area contributed by atoms with E-state index in [9.17, 15) is 9.59 Å². The Labute approximate surface area is 196 Å². The predicted octanol–water partition coefficient (Wildman–Crippen LogP) is 5.51. The fourth-order valence-electron chi connectivity index (χ4n) is 4.27. The van der Waals surface area contributed by atoms with Gasteiger partial charge in [-0.15, -0.1) is 0 Å². The van der Waals surface area contributed by atoms with Crippen molar-refractivity contribution in [2.45, 2.75) is 13.0 Å². The van der Waals surface area contributed by atoms with E-state index in [0.29, 0.717) is 46.9 Å². The molecule has 0 bridgehead atoms. The average molecular weight is 453 g/mol. The van der Waals surface area contributed by atoms with Gasteiger partial charge in [-0.2, -0.15) is 0 Å². The summed E-state index contributed by atoms with van der Waals surface area (Å²) in [4.78, 5) is 28.8. The zero-order valence-electron chi connectivity index (χ0n) is 18.7. The van der Waals surface area contributed by atoms with Crippen LogP contribution in [0.1, 0.15) is 34.6 Å². The van der Waals surface area contributed by atoms with Crippen LogP contribution >= 0.6 is 0 Å². The normalized spacial score (nSPS) is 14.8. The van der Waals surface area contributed by atoms with Crippen LogP contribution in [0.5, 0.6) is 11.5 Å². The van der Waals surface area contributed by atoms with E-state index >= 15 is 0 Å². The van der Waals surface area contributed by atoms with Crippen molar-refractivity contribution in [3.05, 3.63) is 113 Å². The molecule has 4 aromatic rings. The van der Waals surface area contributed by atoms with Gasteiger partial charge in [0, 0.05) is 5.69 Å². The first-order valence-electron chi connectivity index (χ1n) is 11.1. The first-order chi connectivity index (χ1) is 16.6. The molecule has 6 nitrogen and oxygen atoms in total. The number of carbonyl (C=O) groups is 1. The van der Waals surface area contributed by atoms with E-state index in [1.807, 2.05) is 55.5 Å². The molecule has 1 aromatic heterocycles. The van der Waals surface area contributed by atoms with Gasteiger partial charge in [0.15, 0.2) is 5.43 Å². The summed E-state index contributed by atoms with van der Waals surface area (Å²) in [5.74, 6) is 1.08. The van der Waals surface area contributed by atoms with Gasteiger partial charge in [-0.1, -0.05) is 36.9 Å². The molecule has 0 saturated heterocycles. The monoisotopic (exact) mass is 453 g/mol. The maximum absolute atomic E-state index is 13.6. The van der Waals surface area contributed by atoms with Crippen molar-refractivity contribution in [3.8, 4) is 11.5 Å². The highest BCUT2D eigenvalue weighted by atomic mass is 16.5. The first kappa shape index (κ1) is 21.5. The van der Waals surface area contributed by atoms with Crippen molar-refractivity contribution in [2.24, 2.45) is 0 Å². The Hall–Kier alpha value is -4.32. The molecule has 5 rings (SSSR count). The van der Waals surface area contributed by atoms with Gasteiger partial charge in [0.1, 0.15) is 23.7 Å². The number of hydrogen-bond acceptors (Lipinski definition) is 5. The van der Waals surface area contributed by atoms with Gasteiger partial charge in [-0.3, -0.25) is 14.5 Å². The van der Waals surface area contributed by atoms with E-state index in [1.54, 1.807) is 35.2 Å². The SMILES string of the molecule is C=CCOc1ccc(C2c3c(oc4ccccc4c3=O)C(=O)N2c2ccc(OCC)cc2)cc1. The van der Waals surface area contributed by atoms with Gasteiger partial charge in [-0.25, -0.2) is 0 Å². The van der Waals surface area contributed by atoms with Crippen LogP contribution in [-0.4, -0.2) is 19.1 Å². The Balaban J connectivity index is 1.67. The fourth-order valence-corrected chi connectivity index (χ4v) is 4.27. The van der Waals surface area contributed by atoms with Crippen molar-refractivity contribution in [1.29, 1.82) is 0 Å². The first-order valence-corrected chi connectivity index (χ1v) is 11.1. The Morgan fingerprint density at radius 2 is 1.62 bits per heavy atom. The highest BCUT2D eigenvalue weighted by molar-refractivity contribution is 6.10. The van der Waals surface area contributed by atoms with Crippen LogP contribution in [0, 0.1) is 0 Å². The van der Waals surface area contributed by atoms with Crippen LogP contribution in [0.2, 0.25) is 0 Å². The number of carbonyl (C=O) groups excluding carboxylic acids is 1. The Morgan fingerprint density at radius 3 is 2.32 bits per heavy atom. The third-order valence-electron chi connectivity index (χ3n) is 5.77. The maximum atomic E-state index is 13.6. The van der Waals surface area contributed by atoms with Gasteiger partial charge in [0.25, 0.3) is 5.91 Å². The minimum atomic E-state index is -0.644. The molecule has 1 atom stereocenters. The Kier molecular flexibility index (Phi) is 5.64. The van der Waals surface area contributed by atoms with E-state index in [4.69, 9.17) is 13.9 Å². The van der Waals surface area contributed by atoms with Gasteiger partial charge in [-0.05, 0) is 61.0 Å². The lowest BCUT2D eigenvalue weighted by Gasteiger charge is -2.25. The molecule has 6 heteroatoms. The third kappa shape index (κ3) is 3.63. The molecule has 34 heavy (non-hydrogen) atoms. The van der Waals surface area contributed by atoms with Crippen molar-refractivity contribution < 1.29 is 18.7 Å². The van der Waals surface area contributed by atoms with E-state index in [2.05, 4.69) is 6.58 Å². The lowest BCUT2D eigenvalue weighted by molar-refractivity contribution is 0.0971. The van der Waals surface area contributed by atoms with Crippen LogP contribution in [0.3, 0.4) is 0 Å². The van der Waals surface area contributed by atoms with E-state index in [-0.39, 0.29) is 17.1 Å². The summed E-state index contributed by atoms with van der Waals surface area (Å²) in [6, 6.07) is 20.9. The molecule has 1 aliphatic rings. The molecular weight excluding hydrogens is 430 g/mol. The van der Waals surface area contributed by atoms with E-state index in [1.165, 1.54) is 0 Å². The maximum Gasteiger partial charge on any atom is 0.295 e. The number of benzene rings is 3. The minimum Gasteiger partial charge on any atom is -0.494 e. The molecule has 1 unspecified atom stereocenters. The molecular formula is C28H23NO5. The smallest absolute Gasteiger partial charge is 0.295 e. The topological polar surface area (TPSA) is 69.0 Å². The summed E-state index contributed by atoms with van der Waals surface area (Å²) >= 11 is 0. The molecule has 1 aliphatic heterocycles. The summed E-state index contributed by atoms with van der Waals surface area (Å²) in [5, 5.41) is 0.443. The standard InChI is InChI=1S/C28H23NO5/c1-3-17-33-21-13-9-18(10-14-21)25-24-26(30)22-7-5-6-8-23(22)34-27(24)28(31)29(25)19-11-15-20(16-12-19)32-4-2/h3,5-16,25H,1,4,17H2,2H3. The van der Waals surface area contributed by atoms with Crippen molar-refractivity contribution in [1.82, 2.24) is 0 Å². The molecule has 3 aromatic carbocycles. The van der Waals surface area contributed by atoms with Crippen LogP contribution in [0.15, 0.2) is 94.7 Å². The molecule has 1 amide bonds. The van der Waals surface area contributed by atoms with E-state index < -0.39 is 6.04 Å². The second kappa shape index (κ2) is 8.90. The number of rotatable bonds is 7. The van der Waals surface area contributed by atoms with Crippen LogP contribution in [-0.2, 0) is 0 Å². The van der Waals surface area contributed by atoms with Crippen molar-refractivity contribution in [2.75, 3.05) is 18.1 Å². The van der Waals surface area contributed by atoms with Gasteiger partial charge < -0.3 is 13.9 Å². The molecule has 0 aliphatic carbocycles. The number of anilines is 1. The van der Waals surface area contributed by atoms with Crippen LogP contribution in [0.4, 0.5) is 5.69 Å². The zero-order chi connectivity index (χ0) is 23.7. The number of amides is 1. The van der Waals surface area contributed by atoms with Gasteiger partial charge >= 0.3 is 0 Å². The second-order valence-electron chi connectivity index (χ2n) is 7.84. The summed E-state index contributed by atoms with van der Waals surface area (Å²) in [6.07, 6.45) is 1.67. The lowest BCUT2D eigenvalue weighted by atomic mass is 9.98. The summed E-state index contributed by atoms with van der Waals surface area (Å²) in [6.45, 7) is 6.50. The number of para-hydroxylation sites is 1. The minimum absolute atomic E-state index is 0.0644. The van der Waals surface area contributed by atoms with Gasteiger partial charge in [0.05, 0.1) is 23.6 Å². The van der Waals surface area contributed by atoms with E-state index in [0.717, 1.165) is 5.56 Å². The second-order valence-corrected chi connectivity index (χ2v) is 7.84. The molecule has 0 spiro atoms. The number of nitrogens with zero attached hydrogens (tertiary/aromatic N) is 1. The highest BCUT2D eigenvalue weighted by Gasteiger charge is 2.43. The number of fused-ring (bicyclic) bond motifs is 2. The lowest BCUT2D eigenvalue weighted by Crippen LogP contribution is -2.29. The summed E-state index contributed by atoms with van der Waals surface area (Å²) in [7, 11) is 0. The molecule has 2 heterocycles. The molecule has 0 N–H and O–H groups in total. The largest absolute Gasteiger partial charge is 0.494 e. The van der Waals surface area contributed by atoms with Crippen molar-refractivity contribution in [3.63, 3.8) is 0 Å². The number of hydrogen-bond donors (Lipinski definition) is 0. The third-order valence-corrected chi connectivity index (χ3v) is 5.77. The fraction of sp³-hybridized carbons (Fsp3) is 0.143. The van der Waals surface area contributed by atoms with Crippen LogP contribution in [0.25, 0.3) is 11.0 Å². The quantitative estimate of drug-likeness (QED) is 0.345. The Bertz CT molecular complexity index is 1420. The predicted molar refractivity (Wildman–Crippen MR) is 131 cm³/mol. The van der Waals surface area contributed by atoms with Crippen LogP contribution < -0.4 is 19.8 Å². The Morgan fingerprint density at radius 1 is 0.941 bits per heavy atom. The summed E-state index contributed by atoms with van der Waals surface area (Å²) in [5.41, 5.74) is 1.92. The van der Waals surface area contributed by atoms with Gasteiger partial charge in [0.2, 0.25) is 5.76 Å². The highest BCUT2D eigenvalue weighted by Crippen LogP contribution is 2.41. The zero-order valence-corrected chi connectivity index (χ0v) is 18.7. The number of ether oxygens (including phenoxy) is 2. The van der Waals surface area contributed by atoms with Crippen molar-refractivity contribution >= 4 is 22.6 Å². The molecule has 170 valence electrons.